The van der Waals surface area contributed by atoms with Gasteiger partial charge in [-0.3, -0.25) is 0 Å². The highest BCUT2D eigenvalue weighted by molar-refractivity contribution is 5.27. The van der Waals surface area contributed by atoms with Crippen LogP contribution in [0.1, 0.15) is 57.4 Å². The number of ether oxygens (including phenoxy) is 8. The van der Waals surface area contributed by atoms with Gasteiger partial charge in [-0.05, 0) is 42.7 Å². The van der Waals surface area contributed by atoms with Crippen LogP contribution in [-0.4, -0.2) is 92.5 Å². The van der Waals surface area contributed by atoms with Crippen molar-refractivity contribution in [3.05, 3.63) is 60.2 Å². The number of hydrogen-bond donors (Lipinski definition) is 0. The molecule has 2 aromatic rings. The van der Waals surface area contributed by atoms with E-state index in [-0.39, 0.29) is 0 Å². The van der Waals surface area contributed by atoms with Crippen molar-refractivity contribution < 1.29 is 37.9 Å². The monoisotopic (exact) mass is 604 g/mol. The Balaban J connectivity index is 1.23. The van der Waals surface area contributed by atoms with E-state index in [0.29, 0.717) is 92.5 Å². The molecule has 0 radical (unpaired) electrons. The van der Waals surface area contributed by atoms with E-state index in [4.69, 9.17) is 37.9 Å². The third-order valence-electron chi connectivity index (χ3n) is 6.59. The molecule has 8 heteroatoms. The number of hydrogen-bond acceptors (Lipinski definition) is 8. The van der Waals surface area contributed by atoms with Gasteiger partial charge in [-0.1, -0.05) is 75.8 Å². The number of rotatable bonds is 31. The summed E-state index contributed by atoms with van der Waals surface area (Å²) in [5, 5.41) is 0. The second-order valence-corrected chi connectivity index (χ2v) is 10.2. The number of unbranched alkanes of at least 4 members (excludes halogenated alkanes) is 6. The van der Waals surface area contributed by atoms with Crippen LogP contribution in [0.5, 0.6) is 11.5 Å². The second-order valence-electron chi connectivity index (χ2n) is 10.2. The molecule has 244 valence electrons. The molecule has 8 nitrogen and oxygen atoms in total. The van der Waals surface area contributed by atoms with Crippen molar-refractivity contribution in [3.63, 3.8) is 0 Å². The van der Waals surface area contributed by atoms with Gasteiger partial charge in [0.15, 0.2) is 0 Å². The molecule has 0 saturated carbocycles. The zero-order valence-corrected chi connectivity index (χ0v) is 26.5. The summed E-state index contributed by atoms with van der Waals surface area (Å²) >= 11 is 0. The minimum Gasteiger partial charge on any atom is -0.491 e. The van der Waals surface area contributed by atoms with Gasteiger partial charge in [-0.25, -0.2) is 0 Å². The highest BCUT2D eigenvalue weighted by Crippen LogP contribution is 2.15. The van der Waals surface area contributed by atoms with E-state index in [0.717, 1.165) is 17.9 Å². The maximum absolute atomic E-state index is 5.78. The van der Waals surface area contributed by atoms with Crippen molar-refractivity contribution in [3.8, 4) is 11.5 Å². The highest BCUT2D eigenvalue weighted by atomic mass is 16.6. The van der Waals surface area contributed by atoms with Crippen LogP contribution in [0.4, 0.5) is 0 Å². The molecule has 0 unspecified atom stereocenters. The van der Waals surface area contributed by atoms with Gasteiger partial charge in [-0.15, -0.1) is 0 Å². The Kier molecular flexibility index (Phi) is 24.6. The average molecular weight is 605 g/mol. The normalized spacial score (nSPS) is 11.2. The molecule has 0 bridgehead atoms. The quantitative estimate of drug-likeness (QED) is 0.0899. The summed E-state index contributed by atoms with van der Waals surface area (Å²) in [5.74, 6) is 1.74. The zero-order valence-electron chi connectivity index (χ0n) is 26.5. The van der Waals surface area contributed by atoms with Crippen molar-refractivity contribution >= 4 is 0 Å². The molecule has 0 aliphatic rings. The smallest absolute Gasteiger partial charge is 0.119 e. The van der Waals surface area contributed by atoms with Crippen LogP contribution in [-0.2, 0) is 34.8 Å². The van der Waals surface area contributed by atoms with Crippen molar-refractivity contribution in [2.45, 2.75) is 58.3 Å². The summed E-state index contributed by atoms with van der Waals surface area (Å²) in [6.07, 6.45) is 10.5. The van der Waals surface area contributed by atoms with Crippen LogP contribution in [0, 0.1) is 0 Å². The lowest BCUT2D eigenvalue weighted by Gasteiger charge is -2.09. The van der Waals surface area contributed by atoms with Gasteiger partial charge >= 0.3 is 0 Å². The van der Waals surface area contributed by atoms with Crippen LogP contribution in [0.3, 0.4) is 0 Å². The molecule has 0 spiro atoms. The third kappa shape index (κ3) is 22.9. The Labute approximate surface area is 260 Å². The standard InChI is InChI=1S/C35H56O8/c1-2-3-4-5-6-7-9-12-33-15-17-35(18-16-33)43-32-30-41-28-26-39-24-22-37-20-19-36-21-23-38-25-27-40-29-31-42-34-13-10-8-11-14-34/h8,10-11,13-18H,2-7,9,12,19-32H2,1H3. The first-order chi connectivity index (χ1) is 21.4. The van der Waals surface area contributed by atoms with E-state index in [1.54, 1.807) is 0 Å². The van der Waals surface area contributed by atoms with Gasteiger partial charge in [0, 0.05) is 0 Å². The second kappa shape index (κ2) is 28.6. The van der Waals surface area contributed by atoms with Crippen molar-refractivity contribution in [2.24, 2.45) is 0 Å². The third-order valence-corrected chi connectivity index (χ3v) is 6.59. The fraction of sp³-hybridized carbons (Fsp3) is 0.657. The predicted octanol–water partition coefficient (Wildman–Crippen LogP) is 6.54. The summed E-state index contributed by atoms with van der Waals surface area (Å²) in [6.45, 7) is 9.72. The van der Waals surface area contributed by atoms with Crippen LogP contribution in [0.25, 0.3) is 0 Å². The van der Waals surface area contributed by atoms with Crippen molar-refractivity contribution in [2.75, 3.05) is 92.5 Å². The Hall–Kier alpha value is -2.20. The molecule has 0 atom stereocenters. The van der Waals surface area contributed by atoms with Gasteiger partial charge in [0.05, 0.1) is 79.3 Å². The van der Waals surface area contributed by atoms with Gasteiger partial charge in [-0.2, -0.15) is 0 Å². The summed E-state index contributed by atoms with van der Waals surface area (Å²) in [4.78, 5) is 0. The SMILES string of the molecule is CCCCCCCCCc1ccc(OCCOCCOCCOCCOCCOCCOCCOc2ccccc2)cc1. The van der Waals surface area contributed by atoms with Gasteiger partial charge in [0.1, 0.15) is 24.7 Å². The first-order valence-electron chi connectivity index (χ1n) is 16.2. The molecule has 0 aliphatic carbocycles. The molecule has 2 rings (SSSR count). The van der Waals surface area contributed by atoms with E-state index in [2.05, 4.69) is 31.2 Å². The summed E-state index contributed by atoms with van der Waals surface area (Å²) < 4.78 is 44.4. The van der Waals surface area contributed by atoms with Crippen LogP contribution >= 0.6 is 0 Å². The van der Waals surface area contributed by atoms with Crippen LogP contribution in [0.15, 0.2) is 54.6 Å². The lowest BCUT2D eigenvalue weighted by molar-refractivity contribution is -0.0187. The first-order valence-corrected chi connectivity index (χ1v) is 16.2. The maximum atomic E-state index is 5.78. The fourth-order valence-electron chi connectivity index (χ4n) is 4.19. The predicted molar refractivity (Wildman–Crippen MR) is 170 cm³/mol. The lowest BCUT2D eigenvalue weighted by atomic mass is 10.0. The minimum absolute atomic E-state index is 0.524. The molecule has 0 heterocycles. The fourth-order valence-corrected chi connectivity index (χ4v) is 4.19. The summed E-state index contributed by atoms with van der Waals surface area (Å²) in [5.41, 5.74) is 1.38. The summed E-state index contributed by atoms with van der Waals surface area (Å²) in [7, 11) is 0. The minimum atomic E-state index is 0.524. The largest absolute Gasteiger partial charge is 0.491 e. The molecule has 0 amide bonds. The van der Waals surface area contributed by atoms with Crippen molar-refractivity contribution in [1.29, 1.82) is 0 Å². The van der Waals surface area contributed by atoms with Gasteiger partial charge in [0.2, 0.25) is 0 Å². The van der Waals surface area contributed by atoms with E-state index in [9.17, 15) is 0 Å². The molecule has 0 fully saturated rings. The Morgan fingerprint density at radius 3 is 1.19 bits per heavy atom. The lowest BCUT2D eigenvalue weighted by Crippen LogP contribution is -2.15. The molecule has 2 aromatic carbocycles. The topological polar surface area (TPSA) is 73.8 Å². The molecule has 0 saturated heterocycles. The highest BCUT2D eigenvalue weighted by Gasteiger charge is 1.99. The van der Waals surface area contributed by atoms with E-state index >= 15 is 0 Å². The molecule has 0 N–H and O–H groups in total. The number of benzene rings is 2. The van der Waals surface area contributed by atoms with E-state index < -0.39 is 0 Å². The zero-order chi connectivity index (χ0) is 30.3. The van der Waals surface area contributed by atoms with Crippen LogP contribution in [0.2, 0.25) is 0 Å². The molecular formula is C35H56O8. The average Bonchev–Trinajstić information content (AvgIpc) is 3.04. The summed E-state index contributed by atoms with van der Waals surface area (Å²) in [6, 6.07) is 18.2. The van der Waals surface area contributed by atoms with Gasteiger partial charge < -0.3 is 37.9 Å². The maximum Gasteiger partial charge on any atom is 0.119 e. The number of aryl methyl sites for hydroxylation is 1. The van der Waals surface area contributed by atoms with Crippen molar-refractivity contribution in [1.82, 2.24) is 0 Å². The number of para-hydroxylation sites is 1. The Bertz CT molecular complexity index is 833. The van der Waals surface area contributed by atoms with E-state index in [1.165, 1.54) is 50.5 Å². The molecular weight excluding hydrogens is 548 g/mol. The van der Waals surface area contributed by atoms with Gasteiger partial charge in [0.25, 0.3) is 0 Å². The van der Waals surface area contributed by atoms with E-state index in [1.807, 2.05) is 30.3 Å². The molecule has 0 aliphatic heterocycles. The first kappa shape index (κ1) is 37.0. The Morgan fingerprint density at radius 2 is 0.744 bits per heavy atom. The Morgan fingerprint density at radius 1 is 0.372 bits per heavy atom. The molecule has 43 heavy (non-hydrogen) atoms. The van der Waals surface area contributed by atoms with Crippen LogP contribution < -0.4 is 9.47 Å². The molecule has 0 aromatic heterocycles.